The molecule has 0 bridgehead atoms. The molecule has 3 rings (SSSR count). The molecule has 1 saturated carbocycles. The molecule has 5 heteroatoms. The maximum absolute atomic E-state index is 6.20. The number of hydrogen-bond donors (Lipinski definition) is 1. The lowest BCUT2D eigenvalue weighted by Crippen LogP contribution is -2.54. The van der Waals surface area contributed by atoms with E-state index in [-0.39, 0.29) is 11.6 Å². The Kier molecular flexibility index (Phi) is 3.11. The van der Waals surface area contributed by atoms with Crippen LogP contribution in [0.4, 0.5) is 0 Å². The summed E-state index contributed by atoms with van der Waals surface area (Å²) in [5.41, 5.74) is -0.0860. The van der Waals surface area contributed by atoms with Crippen LogP contribution in [0.25, 0.3) is 0 Å². The van der Waals surface area contributed by atoms with Gasteiger partial charge >= 0.3 is 0 Å². The normalized spacial score (nSPS) is 37.0. The van der Waals surface area contributed by atoms with Gasteiger partial charge in [-0.15, -0.1) is 0 Å². The highest BCUT2D eigenvalue weighted by molar-refractivity contribution is 5.08. The summed E-state index contributed by atoms with van der Waals surface area (Å²) in [4.78, 5) is 4.42. The summed E-state index contributed by atoms with van der Waals surface area (Å²) >= 11 is 0. The molecule has 5 nitrogen and oxygen atoms in total. The van der Waals surface area contributed by atoms with E-state index in [1.807, 2.05) is 7.05 Å². The summed E-state index contributed by atoms with van der Waals surface area (Å²) in [7, 11) is 1.91. The van der Waals surface area contributed by atoms with E-state index in [2.05, 4.69) is 22.3 Å². The number of ether oxygens (including phenoxy) is 1. The summed E-state index contributed by atoms with van der Waals surface area (Å²) < 4.78 is 7.97. The van der Waals surface area contributed by atoms with Crippen LogP contribution in [0.3, 0.4) is 0 Å². The van der Waals surface area contributed by atoms with Gasteiger partial charge in [-0.3, -0.25) is 4.68 Å². The van der Waals surface area contributed by atoms with Crippen LogP contribution in [-0.2, 0) is 11.8 Å². The van der Waals surface area contributed by atoms with Gasteiger partial charge in [-0.05, 0) is 18.8 Å². The predicted octanol–water partition coefficient (Wildman–Crippen LogP) is 1.42. The smallest absolute Gasteiger partial charge is 0.170 e. The minimum Gasteiger partial charge on any atom is -0.372 e. The standard InChI is InChI=1S/C13H22N4O/c1-10-4-3-5-13(8-10)11(14-6-7-18-13)12-15-9-17(2)16-12/h9-11,14H,3-8H2,1-2H3. The van der Waals surface area contributed by atoms with Gasteiger partial charge in [-0.25, -0.2) is 4.98 Å². The van der Waals surface area contributed by atoms with E-state index in [0.717, 1.165) is 37.7 Å². The second-order valence-corrected chi connectivity index (χ2v) is 5.78. The van der Waals surface area contributed by atoms with Crippen LogP contribution in [-0.4, -0.2) is 33.5 Å². The van der Waals surface area contributed by atoms with Gasteiger partial charge in [0.1, 0.15) is 6.33 Å². The molecule has 1 aromatic rings. The van der Waals surface area contributed by atoms with Gasteiger partial charge in [0, 0.05) is 13.6 Å². The first kappa shape index (κ1) is 12.1. The minimum absolute atomic E-state index is 0.0860. The lowest BCUT2D eigenvalue weighted by molar-refractivity contribution is -0.130. The van der Waals surface area contributed by atoms with E-state index in [0.29, 0.717) is 0 Å². The lowest BCUT2D eigenvalue weighted by Gasteiger charge is -2.47. The highest BCUT2D eigenvalue weighted by Gasteiger charge is 2.47. The van der Waals surface area contributed by atoms with Crippen molar-refractivity contribution in [2.24, 2.45) is 13.0 Å². The number of aromatic nitrogens is 3. The number of rotatable bonds is 1. The van der Waals surface area contributed by atoms with Crippen LogP contribution in [0, 0.1) is 5.92 Å². The zero-order chi connectivity index (χ0) is 12.6. The molecule has 1 aliphatic heterocycles. The number of hydrogen-bond acceptors (Lipinski definition) is 4. The van der Waals surface area contributed by atoms with Crippen LogP contribution in [0.15, 0.2) is 6.33 Å². The molecule has 0 amide bonds. The number of aryl methyl sites for hydroxylation is 1. The maximum Gasteiger partial charge on any atom is 0.170 e. The second-order valence-electron chi connectivity index (χ2n) is 5.78. The number of nitrogens with one attached hydrogen (secondary N) is 1. The van der Waals surface area contributed by atoms with E-state index in [1.54, 1.807) is 11.0 Å². The van der Waals surface area contributed by atoms with Crippen molar-refractivity contribution in [3.8, 4) is 0 Å². The van der Waals surface area contributed by atoms with Gasteiger partial charge < -0.3 is 10.1 Å². The molecule has 3 atom stereocenters. The lowest BCUT2D eigenvalue weighted by atomic mass is 9.73. The van der Waals surface area contributed by atoms with Gasteiger partial charge in [0.2, 0.25) is 0 Å². The summed E-state index contributed by atoms with van der Waals surface area (Å²) in [6.45, 7) is 4.01. The largest absolute Gasteiger partial charge is 0.372 e. The number of morpholine rings is 1. The molecule has 1 N–H and O–H groups in total. The van der Waals surface area contributed by atoms with Gasteiger partial charge in [0.25, 0.3) is 0 Å². The zero-order valence-electron chi connectivity index (χ0n) is 11.2. The maximum atomic E-state index is 6.20. The van der Waals surface area contributed by atoms with E-state index < -0.39 is 0 Å². The molecule has 1 aliphatic carbocycles. The molecule has 2 heterocycles. The Bertz CT molecular complexity index is 415. The molecule has 2 fully saturated rings. The molecule has 18 heavy (non-hydrogen) atoms. The van der Waals surface area contributed by atoms with Crippen molar-refractivity contribution in [2.75, 3.05) is 13.2 Å². The highest BCUT2D eigenvalue weighted by Crippen LogP contribution is 2.44. The Hall–Kier alpha value is -0.940. The molecular formula is C13H22N4O. The SMILES string of the molecule is CC1CCCC2(C1)OCCNC2c1ncn(C)n1. The highest BCUT2D eigenvalue weighted by atomic mass is 16.5. The molecule has 1 aromatic heterocycles. The topological polar surface area (TPSA) is 52.0 Å². The van der Waals surface area contributed by atoms with Gasteiger partial charge in [-0.2, -0.15) is 5.10 Å². The average molecular weight is 250 g/mol. The van der Waals surface area contributed by atoms with Crippen molar-refractivity contribution in [2.45, 2.75) is 44.2 Å². The van der Waals surface area contributed by atoms with Crippen LogP contribution >= 0.6 is 0 Å². The molecule has 3 unspecified atom stereocenters. The Balaban J connectivity index is 1.89. The zero-order valence-corrected chi connectivity index (χ0v) is 11.2. The van der Waals surface area contributed by atoms with Crippen LogP contribution in [0.1, 0.15) is 44.5 Å². The molecule has 100 valence electrons. The van der Waals surface area contributed by atoms with Crippen LogP contribution < -0.4 is 5.32 Å². The van der Waals surface area contributed by atoms with Crippen LogP contribution in [0.2, 0.25) is 0 Å². The summed E-state index contributed by atoms with van der Waals surface area (Å²) in [5.74, 6) is 1.61. The average Bonchev–Trinajstić information content (AvgIpc) is 2.76. The molecule has 0 aromatic carbocycles. The first-order chi connectivity index (χ1) is 8.70. The fourth-order valence-corrected chi connectivity index (χ4v) is 3.48. The van der Waals surface area contributed by atoms with E-state index in [1.165, 1.54) is 12.8 Å². The fraction of sp³-hybridized carbons (Fsp3) is 0.846. The molecule has 1 spiro atoms. The quantitative estimate of drug-likeness (QED) is 0.819. The van der Waals surface area contributed by atoms with Crippen molar-refractivity contribution in [1.82, 2.24) is 20.1 Å². The monoisotopic (exact) mass is 250 g/mol. The van der Waals surface area contributed by atoms with E-state index >= 15 is 0 Å². The van der Waals surface area contributed by atoms with Crippen molar-refractivity contribution < 1.29 is 4.74 Å². The van der Waals surface area contributed by atoms with Gasteiger partial charge in [-0.1, -0.05) is 19.8 Å². The molecular weight excluding hydrogens is 228 g/mol. The first-order valence-corrected chi connectivity index (χ1v) is 6.92. The second kappa shape index (κ2) is 4.63. The number of nitrogens with zero attached hydrogens (tertiary/aromatic N) is 3. The van der Waals surface area contributed by atoms with E-state index in [4.69, 9.17) is 4.74 Å². The third kappa shape index (κ3) is 2.06. The Morgan fingerprint density at radius 1 is 1.56 bits per heavy atom. The fourth-order valence-electron chi connectivity index (χ4n) is 3.48. The van der Waals surface area contributed by atoms with Crippen LogP contribution in [0.5, 0.6) is 0 Å². The Morgan fingerprint density at radius 3 is 3.17 bits per heavy atom. The summed E-state index contributed by atoms with van der Waals surface area (Å²) in [5, 5.41) is 8.04. The van der Waals surface area contributed by atoms with Crippen molar-refractivity contribution in [1.29, 1.82) is 0 Å². The minimum atomic E-state index is -0.0860. The predicted molar refractivity (Wildman–Crippen MR) is 68.1 cm³/mol. The third-order valence-corrected chi connectivity index (χ3v) is 4.23. The van der Waals surface area contributed by atoms with Crippen molar-refractivity contribution in [3.63, 3.8) is 0 Å². The Morgan fingerprint density at radius 2 is 2.44 bits per heavy atom. The van der Waals surface area contributed by atoms with Gasteiger partial charge in [0.15, 0.2) is 5.82 Å². The van der Waals surface area contributed by atoms with Gasteiger partial charge in [0.05, 0.1) is 18.2 Å². The first-order valence-electron chi connectivity index (χ1n) is 6.92. The molecule has 0 radical (unpaired) electrons. The van der Waals surface area contributed by atoms with Crippen molar-refractivity contribution >= 4 is 0 Å². The summed E-state index contributed by atoms with van der Waals surface area (Å²) in [6, 6.07) is 0.148. The molecule has 2 aliphatic rings. The van der Waals surface area contributed by atoms with E-state index in [9.17, 15) is 0 Å². The van der Waals surface area contributed by atoms with Crippen molar-refractivity contribution in [3.05, 3.63) is 12.2 Å². The summed E-state index contributed by atoms with van der Waals surface area (Å²) in [6.07, 6.45) is 6.56. The molecule has 1 saturated heterocycles. The third-order valence-electron chi connectivity index (χ3n) is 4.23. The Labute approximate surface area is 108 Å².